The van der Waals surface area contributed by atoms with Gasteiger partial charge in [0.1, 0.15) is 17.7 Å². The number of aliphatic carboxylic acids is 1. The highest BCUT2D eigenvalue weighted by atomic mass is 19.4. The Bertz CT molecular complexity index is 1310. The number of hydrogen-bond acceptors (Lipinski definition) is 8. The summed E-state index contributed by atoms with van der Waals surface area (Å²) in [4.78, 5) is 68.9. The monoisotopic (exact) mass is 587 g/mol. The van der Waals surface area contributed by atoms with E-state index in [2.05, 4.69) is 21.3 Å². The number of nitrogens with two attached hydrogens (primary N) is 1. The number of halogens is 3. The van der Waals surface area contributed by atoms with E-state index in [1.165, 1.54) is 19.9 Å². The van der Waals surface area contributed by atoms with Gasteiger partial charge in [-0.1, -0.05) is 0 Å². The van der Waals surface area contributed by atoms with E-state index in [-0.39, 0.29) is 12.5 Å². The Morgan fingerprint density at radius 1 is 1.05 bits per heavy atom. The first kappa shape index (κ1) is 34.6. The average Bonchev–Trinajstić information content (AvgIpc) is 2.86. The topological polar surface area (TPSA) is 210 Å². The van der Waals surface area contributed by atoms with Crippen LogP contribution in [0.1, 0.15) is 38.7 Å². The summed E-state index contributed by atoms with van der Waals surface area (Å²) in [6.45, 7) is 4.73. The third kappa shape index (κ3) is 12.5. The molecule has 4 amide bonds. The Balaban J connectivity index is 0.00000106. The average molecular weight is 588 g/mol. The predicted octanol–water partition coefficient (Wildman–Crippen LogP) is 0.928. The molecule has 0 aliphatic rings. The van der Waals surface area contributed by atoms with Crippen molar-refractivity contribution >= 4 is 46.3 Å². The number of aryl methyl sites for hydroxylation is 1. The Morgan fingerprint density at radius 3 is 2.24 bits per heavy atom. The number of carbonyl (C=O) groups is 5. The van der Waals surface area contributed by atoms with Gasteiger partial charge in [-0.2, -0.15) is 13.2 Å². The maximum absolute atomic E-state index is 13.0. The Labute approximate surface area is 232 Å². The zero-order chi connectivity index (χ0) is 31.3. The van der Waals surface area contributed by atoms with Crippen molar-refractivity contribution in [3.8, 4) is 0 Å². The summed E-state index contributed by atoms with van der Waals surface area (Å²) in [7, 11) is 0. The Hall–Kier alpha value is -4.47. The van der Waals surface area contributed by atoms with Crippen LogP contribution in [-0.4, -0.2) is 66.1 Å². The van der Waals surface area contributed by atoms with Crippen LogP contribution < -0.4 is 32.6 Å². The lowest BCUT2D eigenvalue weighted by atomic mass is 10.1. The number of carbonyl (C=O) groups excluding carboxylic acids is 4. The van der Waals surface area contributed by atoms with Crippen LogP contribution in [0.5, 0.6) is 0 Å². The molecule has 0 saturated carbocycles. The molecular formula is C25H32F3N5O8. The van der Waals surface area contributed by atoms with Crippen LogP contribution in [-0.2, 0) is 24.0 Å². The fraction of sp³-hybridized carbons (Fsp3) is 0.440. The van der Waals surface area contributed by atoms with Crippen molar-refractivity contribution < 1.29 is 46.7 Å². The number of hydrogen-bond donors (Lipinski definition) is 6. The summed E-state index contributed by atoms with van der Waals surface area (Å²) in [6, 6.07) is 4.54. The minimum Gasteiger partial charge on any atom is -0.475 e. The van der Waals surface area contributed by atoms with Gasteiger partial charge < -0.3 is 36.5 Å². The molecule has 2 aromatic rings. The summed E-state index contributed by atoms with van der Waals surface area (Å²) in [5, 5.41) is 18.1. The first-order valence-electron chi connectivity index (χ1n) is 12.2. The van der Waals surface area contributed by atoms with Crippen molar-refractivity contribution in [2.45, 2.75) is 58.3 Å². The van der Waals surface area contributed by atoms with E-state index in [0.29, 0.717) is 37.1 Å². The molecule has 1 heterocycles. The van der Waals surface area contributed by atoms with E-state index in [4.69, 9.17) is 20.1 Å². The van der Waals surface area contributed by atoms with Crippen molar-refractivity contribution in [3.05, 3.63) is 40.2 Å². The van der Waals surface area contributed by atoms with E-state index in [0.717, 1.165) is 10.9 Å². The molecule has 0 bridgehead atoms. The number of carboxylic acid groups (broad SMARTS) is 1. The standard InChI is InChI=1S/C23H31N5O6.C2HF3O2/c1-13-10-21(31)34-19-11-16(7-8-17(13)19)27-23(33)18(6-4-5-9-24)28-22(32)14(2)26-20(30)12-25-15(3)29;3-2(4,5)1(6)7/h7-8,10-11,14,18H,4-6,9,12,24H2,1-3H3,(H,25,29)(H,26,30)(H,27,33)(H,28,32);(H,6,7)/t14-,18-;/m0./s1. The van der Waals surface area contributed by atoms with Gasteiger partial charge in [0.25, 0.3) is 0 Å². The van der Waals surface area contributed by atoms with Crippen LogP contribution in [0.25, 0.3) is 11.0 Å². The number of rotatable bonds is 11. The molecule has 0 fully saturated rings. The van der Waals surface area contributed by atoms with E-state index in [9.17, 15) is 37.1 Å². The van der Waals surface area contributed by atoms with E-state index in [1.807, 2.05) is 0 Å². The molecule has 13 nitrogen and oxygen atoms in total. The molecule has 0 spiro atoms. The van der Waals surface area contributed by atoms with Crippen molar-refractivity contribution in [1.29, 1.82) is 0 Å². The molecule has 2 rings (SSSR count). The number of fused-ring (bicyclic) bond motifs is 1. The largest absolute Gasteiger partial charge is 0.490 e. The van der Waals surface area contributed by atoms with Crippen LogP contribution >= 0.6 is 0 Å². The van der Waals surface area contributed by atoms with Gasteiger partial charge in [-0.25, -0.2) is 9.59 Å². The first-order valence-corrected chi connectivity index (χ1v) is 12.2. The molecule has 16 heteroatoms. The first-order chi connectivity index (χ1) is 19.0. The number of unbranched alkanes of at least 4 members (excludes halogenated alkanes) is 1. The van der Waals surface area contributed by atoms with Gasteiger partial charge in [-0.3, -0.25) is 19.2 Å². The molecular weight excluding hydrogens is 555 g/mol. The van der Waals surface area contributed by atoms with Gasteiger partial charge in [0.15, 0.2) is 0 Å². The lowest BCUT2D eigenvalue weighted by molar-refractivity contribution is -0.192. The van der Waals surface area contributed by atoms with Crippen LogP contribution in [0, 0.1) is 6.92 Å². The number of alkyl halides is 3. The maximum Gasteiger partial charge on any atom is 0.490 e. The van der Waals surface area contributed by atoms with Crippen molar-refractivity contribution in [2.75, 3.05) is 18.4 Å². The molecule has 0 aliphatic carbocycles. The summed E-state index contributed by atoms with van der Waals surface area (Å²) in [6.07, 6.45) is -3.48. The summed E-state index contributed by atoms with van der Waals surface area (Å²) in [5.74, 6) is -4.67. The van der Waals surface area contributed by atoms with E-state index in [1.54, 1.807) is 25.1 Å². The molecule has 1 aromatic heterocycles. The second kappa shape index (κ2) is 16.0. The normalized spacial score (nSPS) is 12.3. The number of benzene rings is 1. The van der Waals surface area contributed by atoms with Gasteiger partial charge in [0.05, 0.1) is 6.54 Å². The smallest absolute Gasteiger partial charge is 0.475 e. The number of nitrogens with one attached hydrogen (secondary N) is 4. The molecule has 2 atom stereocenters. The van der Waals surface area contributed by atoms with Gasteiger partial charge in [-0.05, 0) is 57.4 Å². The zero-order valence-electron chi connectivity index (χ0n) is 22.5. The van der Waals surface area contributed by atoms with Gasteiger partial charge in [-0.15, -0.1) is 0 Å². The summed E-state index contributed by atoms with van der Waals surface area (Å²) < 4.78 is 37.0. The lowest BCUT2D eigenvalue weighted by Crippen LogP contribution is -2.52. The van der Waals surface area contributed by atoms with Crippen LogP contribution in [0.3, 0.4) is 0 Å². The number of anilines is 1. The SMILES string of the molecule is CC(=O)NCC(=O)N[C@@H](C)C(=O)N[C@@H](CCCCN)C(=O)Nc1ccc2c(C)cc(=O)oc2c1.O=C(O)C(F)(F)F. The van der Waals surface area contributed by atoms with Gasteiger partial charge in [0.2, 0.25) is 23.6 Å². The molecule has 0 radical (unpaired) electrons. The molecule has 0 saturated heterocycles. The highest BCUT2D eigenvalue weighted by molar-refractivity contribution is 5.99. The highest BCUT2D eigenvalue weighted by Gasteiger charge is 2.38. The van der Waals surface area contributed by atoms with Crippen molar-refractivity contribution in [1.82, 2.24) is 16.0 Å². The van der Waals surface area contributed by atoms with Gasteiger partial charge >= 0.3 is 17.8 Å². The number of carboxylic acids is 1. The van der Waals surface area contributed by atoms with Crippen LogP contribution in [0.4, 0.5) is 18.9 Å². The lowest BCUT2D eigenvalue weighted by Gasteiger charge is -2.21. The fourth-order valence-corrected chi connectivity index (χ4v) is 3.25. The van der Waals surface area contributed by atoms with Crippen molar-refractivity contribution in [3.63, 3.8) is 0 Å². The summed E-state index contributed by atoms with van der Waals surface area (Å²) in [5.41, 5.74) is 6.55. The minimum absolute atomic E-state index is 0.259. The number of amides is 4. The molecule has 7 N–H and O–H groups in total. The third-order valence-electron chi connectivity index (χ3n) is 5.31. The Morgan fingerprint density at radius 2 is 1.68 bits per heavy atom. The Kier molecular flexibility index (Phi) is 13.4. The minimum atomic E-state index is -5.08. The van der Waals surface area contributed by atoms with Crippen molar-refractivity contribution in [2.24, 2.45) is 5.73 Å². The molecule has 0 aliphatic heterocycles. The third-order valence-corrected chi connectivity index (χ3v) is 5.31. The highest BCUT2D eigenvalue weighted by Crippen LogP contribution is 2.21. The zero-order valence-corrected chi connectivity index (χ0v) is 22.5. The molecule has 1 aromatic carbocycles. The molecule has 41 heavy (non-hydrogen) atoms. The van der Waals surface area contributed by atoms with Crippen LogP contribution in [0.2, 0.25) is 0 Å². The fourth-order valence-electron chi connectivity index (χ4n) is 3.25. The predicted molar refractivity (Wildman–Crippen MR) is 141 cm³/mol. The molecule has 226 valence electrons. The summed E-state index contributed by atoms with van der Waals surface area (Å²) >= 11 is 0. The maximum atomic E-state index is 13.0. The van der Waals surface area contributed by atoms with E-state index < -0.39 is 47.6 Å². The second-order valence-corrected chi connectivity index (χ2v) is 8.80. The molecule has 0 unspecified atom stereocenters. The quantitative estimate of drug-likeness (QED) is 0.163. The second-order valence-electron chi connectivity index (χ2n) is 8.80. The van der Waals surface area contributed by atoms with Gasteiger partial charge in [0, 0.05) is 30.1 Å². The van der Waals surface area contributed by atoms with Crippen LogP contribution in [0.15, 0.2) is 33.5 Å². The van der Waals surface area contributed by atoms with E-state index >= 15 is 0 Å².